The summed E-state index contributed by atoms with van der Waals surface area (Å²) >= 11 is 1.64. The zero-order valence-electron chi connectivity index (χ0n) is 15.8. The number of benzene rings is 2. The van der Waals surface area contributed by atoms with Crippen molar-refractivity contribution in [1.82, 2.24) is 19.6 Å². The summed E-state index contributed by atoms with van der Waals surface area (Å²) in [4.78, 5) is 9.33. The standard InChI is InChI=1S/C22H22N4S/c1-15-9-7-8-12-19(15)13-20-16(2)23-21-24-22(25-26(21)17(20)3)27-14-18-10-5-4-6-11-18/h4-12H,13-14H2,1-3H3. The Balaban J connectivity index is 1.64. The molecule has 0 bridgehead atoms. The summed E-state index contributed by atoms with van der Waals surface area (Å²) in [5.74, 6) is 1.53. The van der Waals surface area contributed by atoms with Gasteiger partial charge in [0.1, 0.15) is 0 Å². The minimum atomic E-state index is 0.675. The number of hydrogen-bond acceptors (Lipinski definition) is 4. The summed E-state index contributed by atoms with van der Waals surface area (Å²) in [6.07, 6.45) is 0.861. The second-order valence-electron chi connectivity index (χ2n) is 6.74. The highest BCUT2D eigenvalue weighted by Gasteiger charge is 2.14. The number of rotatable bonds is 5. The minimum Gasteiger partial charge on any atom is -0.216 e. The van der Waals surface area contributed by atoms with Crippen molar-refractivity contribution < 1.29 is 0 Å². The SMILES string of the molecule is Cc1ccccc1Cc1c(C)nc2nc(SCc3ccccc3)nn2c1C. The summed E-state index contributed by atoms with van der Waals surface area (Å²) in [5.41, 5.74) is 7.25. The Morgan fingerprint density at radius 3 is 2.41 bits per heavy atom. The molecule has 0 saturated carbocycles. The van der Waals surface area contributed by atoms with Gasteiger partial charge < -0.3 is 0 Å². The van der Waals surface area contributed by atoms with E-state index in [1.54, 1.807) is 11.8 Å². The fourth-order valence-corrected chi connectivity index (χ4v) is 4.00. The molecular formula is C22H22N4S. The first-order valence-electron chi connectivity index (χ1n) is 9.06. The topological polar surface area (TPSA) is 43.1 Å². The lowest BCUT2D eigenvalue weighted by Gasteiger charge is -2.11. The number of aromatic nitrogens is 4. The van der Waals surface area contributed by atoms with Gasteiger partial charge in [0, 0.05) is 23.6 Å². The Morgan fingerprint density at radius 1 is 0.889 bits per heavy atom. The summed E-state index contributed by atoms with van der Waals surface area (Å²) in [5, 5.41) is 5.46. The zero-order chi connectivity index (χ0) is 18.8. The van der Waals surface area contributed by atoms with Crippen LogP contribution in [0.4, 0.5) is 0 Å². The molecule has 2 aromatic heterocycles. The highest BCUT2D eigenvalue weighted by atomic mass is 32.2. The van der Waals surface area contributed by atoms with Crippen LogP contribution in [0.5, 0.6) is 0 Å². The van der Waals surface area contributed by atoms with Gasteiger partial charge in [-0.25, -0.2) is 9.50 Å². The van der Waals surface area contributed by atoms with E-state index in [-0.39, 0.29) is 0 Å². The molecule has 0 aliphatic rings. The summed E-state index contributed by atoms with van der Waals surface area (Å²) < 4.78 is 1.88. The smallest absolute Gasteiger partial charge is 0.216 e. The molecule has 2 heterocycles. The third-order valence-electron chi connectivity index (χ3n) is 4.87. The number of hydrogen-bond donors (Lipinski definition) is 0. The molecule has 0 fully saturated rings. The summed E-state index contributed by atoms with van der Waals surface area (Å²) in [6, 6.07) is 18.9. The van der Waals surface area contributed by atoms with Crippen LogP contribution < -0.4 is 0 Å². The first kappa shape index (κ1) is 17.7. The maximum Gasteiger partial charge on any atom is 0.253 e. The maximum atomic E-state index is 4.71. The molecule has 5 heteroatoms. The van der Waals surface area contributed by atoms with Gasteiger partial charge in [-0.15, -0.1) is 5.10 Å². The summed E-state index contributed by atoms with van der Waals surface area (Å²) in [6.45, 7) is 6.32. The van der Waals surface area contributed by atoms with E-state index >= 15 is 0 Å². The largest absolute Gasteiger partial charge is 0.253 e. The Bertz CT molecular complexity index is 1090. The molecule has 0 N–H and O–H groups in total. The van der Waals surface area contributed by atoms with Crippen molar-refractivity contribution in [3.63, 3.8) is 0 Å². The molecular weight excluding hydrogens is 352 g/mol. The fraction of sp³-hybridized carbons (Fsp3) is 0.227. The van der Waals surface area contributed by atoms with Gasteiger partial charge in [-0.3, -0.25) is 0 Å². The first-order valence-corrected chi connectivity index (χ1v) is 10.0. The normalized spacial score (nSPS) is 11.2. The van der Waals surface area contributed by atoms with Gasteiger partial charge in [0.2, 0.25) is 5.16 Å². The van der Waals surface area contributed by atoms with Crippen LogP contribution in [-0.4, -0.2) is 19.6 Å². The lowest BCUT2D eigenvalue weighted by atomic mass is 9.99. The van der Waals surface area contributed by atoms with E-state index in [1.165, 1.54) is 22.3 Å². The van der Waals surface area contributed by atoms with Crippen LogP contribution in [0.3, 0.4) is 0 Å². The Hall–Kier alpha value is -2.66. The number of thioether (sulfide) groups is 1. The molecule has 0 aliphatic carbocycles. The number of fused-ring (bicyclic) bond motifs is 1. The van der Waals surface area contributed by atoms with Gasteiger partial charge >= 0.3 is 0 Å². The molecule has 2 aromatic carbocycles. The molecule has 0 aliphatic heterocycles. The van der Waals surface area contributed by atoms with E-state index in [2.05, 4.69) is 74.3 Å². The second-order valence-corrected chi connectivity index (χ2v) is 7.69. The molecule has 27 heavy (non-hydrogen) atoms. The van der Waals surface area contributed by atoms with E-state index in [9.17, 15) is 0 Å². The quantitative estimate of drug-likeness (QED) is 0.465. The molecule has 0 spiro atoms. The van der Waals surface area contributed by atoms with Crippen LogP contribution in [0.15, 0.2) is 59.8 Å². The monoisotopic (exact) mass is 374 g/mol. The van der Waals surface area contributed by atoms with Crippen molar-refractivity contribution in [2.24, 2.45) is 0 Å². The number of aryl methyl sites for hydroxylation is 3. The van der Waals surface area contributed by atoms with Crippen LogP contribution in [0, 0.1) is 20.8 Å². The molecule has 4 aromatic rings. The van der Waals surface area contributed by atoms with E-state index in [4.69, 9.17) is 10.1 Å². The molecule has 0 saturated heterocycles. The van der Waals surface area contributed by atoms with Crippen molar-refractivity contribution in [3.05, 3.63) is 88.2 Å². The van der Waals surface area contributed by atoms with Crippen LogP contribution in [-0.2, 0) is 12.2 Å². The van der Waals surface area contributed by atoms with Crippen molar-refractivity contribution in [2.75, 3.05) is 0 Å². The number of nitrogens with zero attached hydrogens (tertiary/aromatic N) is 4. The molecule has 0 amide bonds. The van der Waals surface area contributed by atoms with Crippen LogP contribution in [0.1, 0.15) is 33.6 Å². The zero-order valence-corrected chi connectivity index (χ0v) is 16.6. The van der Waals surface area contributed by atoms with Crippen LogP contribution >= 0.6 is 11.8 Å². The van der Waals surface area contributed by atoms with Crippen molar-refractivity contribution in [1.29, 1.82) is 0 Å². The fourth-order valence-electron chi connectivity index (χ4n) is 3.23. The maximum absolute atomic E-state index is 4.71. The van der Waals surface area contributed by atoms with Gasteiger partial charge in [0.15, 0.2) is 0 Å². The average molecular weight is 375 g/mol. The molecule has 0 atom stereocenters. The molecule has 4 nitrogen and oxygen atoms in total. The van der Waals surface area contributed by atoms with Crippen LogP contribution in [0.25, 0.3) is 5.78 Å². The Labute approximate surface area is 163 Å². The van der Waals surface area contributed by atoms with Crippen molar-refractivity contribution >= 4 is 17.5 Å². The molecule has 0 unspecified atom stereocenters. The average Bonchev–Trinajstić information content (AvgIpc) is 3.09. The predicted molar refractivity (Wildman–Crippen MR) is 110 cm³/mol. The van der Waals surface area contributed by atoms with Gasteiger partial charge in [0.25, 0.3) is 5.78 Å². The van der Waals surface area contributed by atoms with E-state index in [0.29, 0.717) is 5.78 Å². The Kier molecular flexibility index (Phi) is 4.94. The third-order valence-corrected chi connectivity index (χ3v) is 5.78. The van der Waals surface area contributed by atoms with Gasteiger partial charge in [-0.2, -0.15) is 4.98 Å². The molecule has 0 radical (unpaired) electrons. The van der Waals surface area contributed by atoms with E-state index < -0.39 is 0 Å². The minimum absolute atomic E-state index is 0.675. The van der Waals surface area contributed by atoms with Gasteiger partial charge in [-0.05, 0) is 43.0 Å². The Morgan fingerprint density at radius 2 is 1.63 bits per heavy atom. The van der Waals surface area contributed by atoms with E-state index in [0.717, 1.165) is 28.7 Å². The molecule has 4 rings (SSSR count). The highest BCUT2D eigenvalue weighted by Crippen LogP contribution is 2.23. The van der Waals surface area contributed by atoms with Crippen LogP contribution in [0.2, 0.25) is 0 Å². The third kappa shape index (κ3) is 3.74. The van der Waals surface area contributed by atoms with Gasteiger partial charge in [-0.1, -0.05) is 66.4 Å². The van der Waals surface area contributed by atoms with Crippen molar-refractivity contribution in [2.45, 2.75) is 38.1 Å². The molecule has 136 valence electrons. The second kappa shape index (κ2) is 7.53. The lowest BCUT2D eigenvalue weighted by molar-refractivity contribution is 0.823. The predicted octanol–water partition coefficient (Wildman–Crippen LogP) is 4.93. The summed E-state index contributed by atoms with van der Waals surface area (Å²) in [7, 11) is 0. The van der Waals surface area contributed by atoms with E-state index in [1.807, 2.05) is 10.6 Å². The van der Waals surface area contributed by atoms with Crippen molar-refractivity contribution in [3.8, 4) is 0 Å². The highest BCUT2D eigenvalue weighted by molar-refractivity contribution is 7.98. The lowest BCUT2D eigenvalue weighted by Crippen LogP contribution is -2.07. The first-order chi connectivity index (χ1) is 13.1. The van der Waals surface area contributed by atoms with Gasteiger partial charge in [0.05, 0.1) is 0 Å².